The molecule has 2 fully saturated rings. The van der Waals surface area contributed by atoms with Crippen molar-refractivity contribution in [2.75, 3.05) is 7.11 Å². The Bertz CT molecular complexity index is 1080. The first-order valence-corrected chi connectivity index (χ1v) is 11.1. The molecule has 0 unspecified atom stereocenters. The van der Waals surface area contributed by atoms with Gasteiger partial charge in [0.05, 0.1) is 25.2 Å². The van der Waals surface area contributed by atoms with E-state index in [9.17, 15) is 9.59 Å². The summed E-state index contributed by atoms with van der Waals surface area (Å²) in [5.41, 5.74) is 1.69. The maximum Gasteiger partial charge on any atom is 0.254 e. The number of imide groups is 1. The van der Waals surface area contributed by atoms with E-state index < -0.39 is 0 Å². The van der Waals surface area contributed by atoms with Gasteiger partial charge in [0.15, 0.2) is 11.5 Å². The van der Waals surface area contributed by atoms with Crippen molar-refractivity contribution in [2.45, 2.75) is 19.4 Å². The number of fused-ring (bicyclic) bond motifs is 1. The van der Waals surface area contributed by atoms with Crippen LogP contribution in [0.2, 0.25) is 5.02 Å². The summed E-state index contributed by atoms with van der Waals surface area (Å²) in [6.45, 7) is 0.372. The van der Waals surface area contributed by atoms with Crippen molar-refractivity contribution in [1.82, 2.24) is 5.01 Å². The van der Waals surface area contributed by atoms with E-state index in [4.69, 9.17) is 21.1 Å². The maximum absolute atomic E-state index is 12.9. The van der Waals surface area contributed by atoms with Crippen molar-refractivity contribution in [1.29, 1.82) is 0 Å². The molecule has 1 saturated heterocycles. The van der Waals surface area contributed by atoms with E-state index in [0.29, 0.717) is 28.7 Å². The number of hydrogen-bond acceptors (Lipinski definition) is 5. The highest BCUT2D eigenvalue weighted by Gasteiger charge is 2.56. The molecular formula is C25H23ClN2O4. The van der Waals surface area contributed by atoms with Gasteiger partial charge in [0.1, 0.15) is 6.61 Å². The third-order valence-electron chi connectivity index (χ3n) is 6.55. The number of nitrogens with zero attached hydrogens (tertiary/aromatic N) is 2. The van der Waals surface area contributed by atoms with Crippen LogP contribution < -0.4 is 9.47 Å². The molecule has 6 nitrogen and oxygen atoms in total. The predicted octanol–water partition coefficient (Wildman–Crippen LogP) is 4.46. The van der Waals surface area contributed by atoms with E-state index in [-0.39, 0.29) is 35.5 Å². The lowest BCUT2D eigenvalue weighted by atomic mass is 9.63. The van der Waals surface area contributed by atoms with Crippen LogP contribution in [-0.4, -0.2) is 30.1 Å². The number of rotatable bonds is 6. The molecule has 1 aliphatic heterocycles. The van der Waals surface area contributed by atoms with Gasteiger partial charge in [0.25, 0.3) is 11.8 Å². The number of ether oxygens (including phenoxy) is 2. The van der Waals surface area contributed by atoms with Crippen molar-refractivity contribution in [2.24, 2.45) is 28.8 Å². The highest BCUT2D eigenvalue weighted by molar-refractivity contribution is 6.30. The Morgan fingerprint density at radius 3 is 2.25 bits per heavy atom. The Hall–Kier alpha value is -3.12. The van der Waals surface area contributed by atoms with Gasteiger partial charge in [0, 0.05) is 5.02 Å². The lowest BCUT2D eigenvalue weighted by Gasteiger charge is -2.37. The number of allylic oxidation sites excluding steroid dienone is 2. The molecule has 164 valence electrons. The quantitative estimate of drug-likeness (QED) is 0.370. The fourth-order valence-corrected chi connectivity index (χ4v) is 5.05. The molecule has 2 aromatic rings. The molecule has 1 saturated carbocycles. The zero-order valence-corrected chi connectivity index (χ0v) is 18.4. The van der Waals surface area contributed by atoms with E-state index in [1.54, 1.807) is 19.2 Å². The Labute approximate surface area is 191 Å². The number of hydrazone groups is 1. The van der Waals surface area contributed by atoms with Crippen molar-refractivity contribution in [3.8, 4) is 11.5 Å². The summed E-state index contributed by atoms with van der Waals surface area (Å²) in [4.78, 5) is 25.8. The van der Waals surface area contributed by atoms with Gasteiger partial charge >= 0.3 is 0 Å². The lowest BCUT2D eigenvalue weighted by molar-refractivity contribution is -0.140. The van der Waals surface area contributed by atoms with Crippen LogP contribution in [0.3, 0.4) is 0 Å². The topological polar surface area (TPSA) is 68.2 Å². The molecule has 0 spiro atoms. The Kier molecular flexibility index (Phi) is 5.47. The number of hydrogen-bond donors (Lipinski definition) is 0. The molecule has 32 heavy (non-hydrogen) atoms. The highest BCUT2D eigenvalue weighted by Crippen LogP contribution is 2.49. The third-order valence-corrected chi connectivity index (χ3v) is 6.81. The number of methoxy groups -OCH3 is 1. The molecule has 7 heteroatoms. The Morgan fingerprint density at radius 2 is 1.66 bits per heavy atom. The Balaban J connectivity index is 1.30. The first kappa shape index (κ1) is 20.8. The average molecular weight is 451 g/mol. The zero-order chi connectivity index (χ0) is 22.2. The molecule has 4 atom stereocenters. The second-order valence-electron chi connectivity index (χ2n) is 8.40. The summed E-state index contributed by atoms with van der Waals surface area (Å²) in [6, 6.07) is 12.8. The van der Waals surface area contributed by atoms with Gasteiger partial charge in [0.2, 0.25) is 0 Å². The molecule has 2 bridgehead atoms. The number of carbonyl (C=O) groups is 2. The lowest BCUT2D eigenvalue weighted by Crippen LogP contribution is -2.38. The van der Waals surface area contributed by atoms with Crippen molar-refractivity contribution >= 4 is 29.6 Å². The van der Waals surface area contributed by atoms with Gasteiger partial charge < -0.3 is 9.47 Å². The molecule has 0 N–H and O–H groups in total. The SMILES string of the molecule is COc1cc(/C=N\N2C(=O)[C@H]3[C@H](C2=O)[C@H]2C=C[C@H]3CC2)ccc1OCc1ccc(Cl)cc1. The first-order chi connectivity index (χ1) is 15.5. The Morgan fingerprint density at radius 1 is 1.00 bits per heavy atom. The normalized spacial score (nSPS) is 26.1. The van der Waals surface area contributed by atoms with Gasteiger partial charge in [-0.25, -0.2) is 0 Å². The standard InChI is InChI=1S/C25H23ClN2O4/c1-31-21-12-16(4-11-20(21)32-14-15-2-9-19(26)10-3-15)13-27-28-24(29)22-17-5-6-18(8-7-17)23(22)25(28)30/h2-6,9-13,17-18,22-23H,7-8,14H2,1H3/b27-13-/t17-,18-,22+,23+/m0/s1. The first-order valence-electron chi connectivity index (χ1n) is 10.7. The number of benzene rings is 2. The van der Waals surface area contributed by atoms with Gasteiger partial charge in [-0.1, -0.05) is 35.9 Å². The molecule has 3 aliphatic carbocycles. The number of carbonyl (C=O) groups excluding carboxylic acids is 2. The second kappa shape index (κ2) is 8.43. The predicted molar refractivity (Wildman–Crippen MR) is 121 cm³/mol. The number of amides is 2. The molecule has 2 aromatic carbocycles. The fraction of sp³-hybridized carbons (Fsp3) is 0.320. The average Bonchev–Trinajstić information content (AvgIpc) is 3.10. The molecule has 0 radical (unpaired) electrons. The van der Waals surface area contributed by atoms with Crippen molar-refractivity contribution in [3.63, 3.8) is 0 Å². The minimum absolute atomic E-state index is 0.152. The smallest absolute Gasteiger partial charge is 0.254 e. The van der Waals surface area contributed by atoms with Gasteiger partial charge in [-0.15, -0.1) is 0 Å². The molecular weight excluding hydrogens is 428 g/mol. The van der Waals surface area contributed by atoms with Crippen LogP contribution in [0.4, 0.5) is 0 Å². The summed E-state index contributed by atoms with van der Waals surface area (Å²) in [5, 5.41) is 5.99. The minimum atomic E-state index is -0.262. The van der Waals surface area contributed by atoms with Gasteiger partial charge in [-0.3, -0.25) is 9.59 Å². The molecule has 4 aliphatic rings. The van der Waals surface area contributed by atoms with Crippen LogP contribution in [0.15, 0.2) is 59.7 Å². The van der Waals surface area contributed by atoms with Crippen LogP contribution >= 0.6 is 11.6 Å². The van der Waals surface area contributed by atoms with E-state index in [1.807, 2.05) is 30.3 Å². The summed E-state index contributed by atoms with van der Waals surface area (Å²) in [5.74, 6) is 0.524. The zero-order valence-electron chi connectivity index (χ0n) is 17.6. The molecule has 1 heterocycles. The van der Waals surface area contributed by atoms with Crippen LogP contribution in [0.1, 0.15) is 24.0 Å². The molecule has 2 amide bonds. The van der Waals surface area contributed by atoms with Crippen molar-refractivity contribution < 1.29 is 19.1 Å². The third kappa shape index (κ3) is 3.69. The summed E-state index contributed by atoms with van der Waals surface area (Å²) in [7, 11) is 1.56. The second-order valence-corrected chi connectivity index (χ2v) is 8.84. The van der Waals surface area contributed by atoms with Gasteiger partial charge in [-0.05, 0) is 66.1 Å². The number of halogens is 1. The van der Waals surface area contributed by atoms with Crippen LogP contribution in [-0.2, 0) is 16.2 Å². The molecule has 0 aromatic heterocycles. The maximum atomic E-state index is 12.9. The fourth-order valence-electron chi connectivity index (χ4n) is 4.92. The van der Waals surface area contributed by atoms with Gasteiger partial charge in [-0.2, -0.15) is 10.1 Å². The summed E-state index contributed by atoms with van der Waals surface area (Å²) in [6.07, 6.45) is 7.65. The summed E-state index contributed by atoms with van der Waals surface area (Å²) < 4.78 is 11.3. The minimum Gasteiger partial charge on any atom is -0.493 e. The van der Waals surface area contributed by atoms with E-state index in [0.717, 1.165) is 23.4 Å². The van der Waals surface area contributed by atoms with E-state index >= 15 is 0 Å². The van der Waals surface area contributed by atoms with Crippen LogP contribution in [0, 0.1) is 23.7 Å². The molecule has 6 rings (SSSR count). The van der Waals surface area contributed by atoms with Crippen molar-refractivity contribution in [3.05, 3.63) is 70.8 Å². The van der Waals surface area contributed by atoms with Crippen LogP contribution in [0.5, 0.6) is 11.5 Å². The van der Waals surface area contributed by atoms with E-state index in [2.05, 4.69) is 17.3 Å². The van der Waals surface area contributed by atoms with Crippen LogP contribution in [0.25, 0.3) is 0 Å². The van der Waals surface area contributed by atoms with E-state index in [1.165, 1.54) is 6.21 Å². The highest BCUT2D eigenvalue weighted by atomic mass is 35.5. The summed E-state index contributed by atoms with van der Waals surface area (Å²) >= 11 is 5.92. The monoisotopic (exact) mass is 450 g/mol. The largest absolute Gasteiger partial charge is 0.493 e.